The molecule has 1 aromatic rings. The highest BCUT2D eigenvalue weighted by Crippen LogP contribution is 2.22. The van der Waals surface area contributed by atoms with E-state index >= 15 is 0 Å². The number of hydrogen-bond acceptors (Lipinski definition) is 7. The largest absolute Gasteiger partial charge is 0.463 e. The summed E-state index contributed by atoms with van der Waals surface area (Å²) in [6.45, 7) is 6.13. The molecule has 7 nitrogen and oxygen atoms in total. The Labute approximate surface area is 119 Å². The molecule has 1 aliphatic heterocycles. The molecule has 112 valence electrons. The molecule has 2 atom stereocenters. The summed E-state index contributed by atoms with van der Waals surface area (Å²) in [4.78, 5) is 15.0. The zero-order chi connectivity index (χ0) is 14.5. The van der Waals surface area contributed by atoms with E-state index in [2.05, 4.69) is 25.2 Å². The maximum atomic E-state index is 9.80. The Balaban J connectivity index is 2.17. The van der Waals surface area contributed by atoms with Crippen LogP contribution in [-0.4, -0.2) is 52.9 Å². The van der Waals surface area contributed by atoms with E-state index in [0.29, 0.717) is 24.5 Å². The summed E-state index contributed by atoms with van der Waals surface area (Å²) in [5, 5.41) is 12.7. The van der Waals surface area contributed by atoms with Crippen molar-refractivity contribution in [1.82, 2.24) is 15.0 Å². The van der Waals surface area contributed by atoms with Gasteiger partial charge in [0, 0.05) is 20.1 Å². The van der Waals surface area contributed by atoms with Gasteiger partial charge in [0.25, 0.3) is 0 Å². The van der Waals surface area contributed by atoms with E-state index in [1.165, 1.54) is 0 Å². The SMILES string of the molecule is CCCOc1nc(NC)nc(N2CCC(O)C(C)C2)n1. The van der Waals surface area contributed by atoms with E-state index in [1.54, 1.807) is 7.05 Å². The first-order valence-electron chi connectivity index (χ1n) is 7.13. The number of piperidine rings is 1. The highest BCUT2D eigenvalue weighted by Gasteiger charge is 2.26. The number of nitrogens with zero attached hydrogens (tertiary/aromatic N) is 4. The number of aliphatic hydroxyl groups is 1. The first-order chi connectivity index (χ1) is 9.63. The molecule has 2 N–H and O–H groups in total. The minimum Gasteiger partial charge on any atom is -0.463 e. The molecular formula is C13H23N5O2. The van der Waals surface area contributed by atoms with Gasteiger partial charge in [-0.25, -0.2) is 0 Å². The van der Waals surface area contributed by atoms with Crippen LogP contribution in [0.1, 0.15) is 26.7 Å². The number of rotatable bonds is 5. The summed E-state index contributed by atoms with van der Waals surface area (Å²) < 4.78 is 5.50. The van der Waals surface area contributed by atoms with Crippen molar-refractivity contribution in [2.24, 2.45) is 5.92 Å². The predicted molar refractivity (Wildman–Crippen MR) is 77.2 cm³/mol. The molecule has 2 heterocycles. The molecule has 0 saturated carbocycles. The Morgan fingerprint density at radius 3 is 2.85 bits per heavy atom. The van der Waals surface area contributed by atoms with Gasteiger partial charge in [-0.2, -0.15) is 15.0 Å². The number of anilines is 2. The van der Waals surface area contributed by atoms with E-state index in [9.17, 15) is 5.11 Å². The highest BCUT2D eigenvalue weighted by molar-refractivity contribution is 5.38. The topological polar surface area (TPSA) is 83.4 Å². The number of hydrogen-bond donors (Lipinski definition) is 2. The Bertz CT molecular complexity index is 443. The molecule has 0 aliphatic carbocycles. The van der Waals surface area contributed by atoms with E-state index in [1.807, 2.05) is 13.8 Å². The summed E-state index contributed by atoms with van der Waals surface area (Å²) in [7, 11) is 1.77. The zero-order valence-corrected chi connectivity index (χ0v) is 12.3. The Kier molecular flexibility index (Phi) is 4.94. The summed E-state index contributed by atoms with van der Waals surface area (Å²) in [6, 6.07) is 0.347. The van der Waals surface area contributed by atoms with Gasteiger partial charge in [0.15, 0.2) is 0 Å². The minimum atomic E-state index is -0.243. The molecule has 0 radical (unpaired) electrons. The lowest BCUT2D eigenvalue weighted by Gasteiger charge is -2.34. The standard InChI is InChI=1S/C13H23N5O2/c1-4-7-20-13-16-11(14-3)15-12(17-13)18-6-5-10(19)9(2)8-18/h9-10,19H,4-8H2,1-3H3,(H,14,15,16,17). The van der Waals surface area contributed by atoms with Crippen LogP contribution >= 0.6 is 0 Å². The van der Waals surface area contributed by atoms with Gasteiger partial charge in [0.05, 0.1) is 12.7 Å². The van der Waals surface area contributed by atoms with Gasteiger partial charge in [-0.15, -0.1) is 0 Å². The van der Waals surface area contributed by atoms with E-state index in [4.69, 9.17) is 4.74 Å². The summed E-state index contributed by atoms with van der Waals surface area (Å²) in [6.07, 6.45) is 1.39. The van der Waals surface area contributed by atoms with Gasteiger partial charge in [0.2, 0.25) is 11.9 Å². The summed E-state index contributed by atoms with van der Waals surface area (Å²) in [5.74, 6) is 1.31. The van der Waals surface area contributed by atoms with Crippen LogP contribution in [-0.2, 0) is 0 Å². The molecule has 1 fully saturated rings. The molecule has 1 aliphatic rings. The zero-order valence-electron chi connectivity index (χ0n) is 12.3. The molecule has 2 rings (SSSR count). The predicted octanol–water partition coefficient (Wildman–Crippen LogP) is 0.909. The fourth-order valence-corrected chi connectivity index (χ4v) is 2.17. The summed E-state index contributed by atoms with van der Waals surface area (Å²) in [5.41, 5.74) is 0. The lowest BCUT2D eigenvalue weighted by molar-refractivity contribution is 0.0966. The molecule has 0 amide bonds. The average Bonchev–Trinajstić information content (AvgIpc) is 2.47. The third-order valence-electron chi connectivity index (χ3n) is 3.40. The second kappa shape index (κ2) is 6.69. The van der Waals surface area contributed by atoms with Crippen LogP contribution in [0.4, 0.5) is 11.9 Å². The normalized spacial score (nSPS) is 22.7. The van der Waals surface area contributed by atoms with Gasteiger partial charge in [-0.1, -0.05) is 13.8 Å². The molecule has 20 heavy (non-hydrogen) atoms. The fraction of sp³-hybridized carbons (Fsp3) is 0.769. The van der Waals surface area contributed by atoms with Gasteiger partial charge < -0.3 is 20.1 Å². The quantitative estimate of drug-likeness (QED) is 0.830. The number of aliphatic hydroxyl groups excluding tert-OH is 1. The van der Waals surface area contributed by atoms with Crippen molar-refractivity contribution in [2.45, 2.75) is 32.8 Å². The third kappa shape index (κ3) is 3.47. The molecule has 2 unspecified atom stereocenters. The van der Waals surface area contributed by atoms with Gasteiger partial charge in [0.1, 0.15) is 0 Å². The van der Waals surface area contributed by atoms with Crippen molar-refractivity contribution in [3.63, 3.8) is 0 Å². The van der Waals surface area contributed by atoms with Crippen molar-refractivity contribution in [3.05, 3.63) is 0 Å². The summed E-state index contributed by atoms with van der Waals surface area (Å²) >= 11 is 0. The smallest absolute Gasteiger partial charge is 0.323 e. The molecule has 0 spiro atoms. The Morgan fingerprint density at radius 1 is 1.40 bits per heavy atom. The third-order valence-corrected chi connectivity index (χ3v) is 3.40. The number of ether oxygens (including phenoxy) is 1. The van der Waals surface area contributed by atoms with Crippen molar-refractivity contribution in [1.29, 1.82) is 0 Å². The van der Waals surface area contributed by atoms with Crippen LogP contribution in [0.3, 0.4) is 0 Å². The van der Waals surface area contributed by atoms with Gasteiger partial charge >= 0.3 is 6.01 Å². The maximum absolute atomic E-state index is 9.80. The van der Waals surface area contributed by atoms with Crippen LogP contribution in [0.25, 0.3) is 0 Å². The molecule has 1 saturated heterocycles. The maximum Gasteiger partial charge on any atom is 0.323 e. The number of aromatic nitrogens is 3. The molecule has 0 bridgehead atoms. The van der Waals surface area contributed by atoms with Crippen LogP contribution in [0.5, 0.6) is 6.01 Å². The Morgan fingerprint density at radius 2 is 2.20 bits per heavy atom. The molecule has 0 aromatic carbocycles. The monoisotopic (exact) mass is 281 g/mol. The first kappa shape index (κ1) is 14.8. The number of nitrogens with one attached hydrogen (secondary N) is 1. The van der Waals surface area contributed by atoms with Crippen molar-refractivity contribution in [2.75, 3.05) is 37.0 Å². The van der Waals surface area contributed by atoms with Crippen LogP contribution < -0.4 is 15.0 Å². The van der Waals surface area contributed by atoms with Crippen LogP contribution in [0.2, 0.25) is 0 Å². The van der Waals surface area contributed by atoms with Crippen LogP contribution in [0, 0.1) is 5.92 Å². The average molecular weight is 281 g/mol. The van der Waals surface area contributed by atoms with E-state index in [0.717, 1.165) is 25.9 Å². The molecule has 7 heteroatoms. The lowest BCUT2D eigenvalue weighted by Crippen LogP contribution is -2.42. The second-order valence-electron chi connectivity index (χ2n) is 5.12. The van der Waals surface area contributed by atoms with Crippen molar-refractivity contribution >= 4 is 11.9 Å². The molecular weight excluding hydrogens is 258 g/mol. The van der Waals surface area contributed by atoms with Crippen molar-refractivity contribution in [3.8, 4) is 6.01 Å². The fourth-order valence-electron chi connectivity index (χ4n) is 2.17. The van der Waals surface area contributed by atoms with Gasteiger partial charge in [-0.3, -0.25) is 0 Å². The van der Waals surface area contributed by atoms with Gasteiger partial charge in [-0.05, 0) is 18.8 Å². The van der Waals surface area contributed by atoms with Crippen LogP contribution in [0.15, 0.2) is 0 Å². The van der Waals surface area contributed by atoms with E-state index in [-0.39, 0.29) is 12.0 Å². The highest BCUT2D eigenvalue weighted by atomic mass is 16.5. The Hall–Kier alpha value is -1.63. The molecule has 1 aromatic heterocycles. The van der Waals surface area contributed by atoms with Crippen molar-refractivity contribution < 1.29 is 9.84 Å². The first-order valence-corrected chi connectivity index (χ1v) is 7.13. The van der Waals surface area contributed by atoms with E-state index < -0.39 is 0 Å². The second-order valence-corrected chi connectivity index (χ2v) is 5.12. The minimum absolute atomic E-state index is 0.207. The lowest BCUT2D eigenvalue weighted by atomic mass is 9.97.